The minimum absolute atomic E-state index is 0.283. The first kappa shape index (κ1) is 12.1. The number of carbonyl (C=O) groups excluding carboxylic acids is 1. The molecule has 1 heterocycles. The normalized spacial score (nSPS) is 17.2. The lowest BCUT2D eigenvalue weighted by Gasteiger charge is -2.17. The average Bonchev–Trinajstić information content (AvgIpc) is 2.79. The highest BCUT2D eigenvalue weighted by atomic mass is 16.6. The zero-order chi connectivity index (χ0) is 13.0. The van der Waals surface area contributed by atoms with Gasteiger partial charge in [-0.05, 0) is 5.56 Å². The summed E-state index contributed by atoms with van der Waals surface area (Å²) in [6.45, 7) is 1.80. The van der Waals surface area contributed by atoms with Crippen molar-refractivity contribution in [3.8, 4) is 0 Å². The molecule has 18 heavy (non-hydrogen) atoms. The first-order valence-electron chi connectivity index (χ1n) is 5.59. The van der Waals surface area contributed by atoms with Crippen LogP contribution in [-0.4, -0.2) is 29.2 Å². The van der Waals surface area contributed by atoms with E-state index in [0.717, 1.165) is 5.56 Å². The number of hydrogen-bond donors (Lipinski definition) is 1. The Balaban J connectivity index is 2.23. The van der Waals surface area contributed by atoms with E-state index in [1.807, 2.05) is 35.2 Å². The zero-order valence-electron chi connectivity index (χ0n) is 9.70. The molecule has 94 valence electrons. The van der Waals surface area contributed by atoms with Crippen molar-refractivity contribution in [1.82, 2.24) is 10.2 Å². The molecule has 0 bridgehead atoms. The van der Waals surface area contributed by atoms with Gasteiger partial charge in [0.1, 0.15) is 0 Å². The Morgan fingerprint density at radius 1 is 1.44 bits per heavy atom. The molecule has 0 atom stereocenters. The Labute approximate surface area is 104 Å². The molecule has 6 nitrogen and oxygen atoms in total. The number of rotatable bonds is 4. The van der Waals surface area contributed by atoms with Crippen LogP contribution in [0.2, 0.25) is 0 Å². The highest BCUT2D eigenvalue weighted by molar-refractivity contribution is 5.70. The molecule has 0 aromatic heterocycles. The van der Waals surface area contributed by atoms with Crippen LogP contribution in [0.15, 0.2) is 41.8 Å². The van der Waals surface area contributed by atoms with Gasteiger partial charge in [-0.25, -0.2) is 0 Å². The summed E-state index contributed by atoms with van der Waals surface area (Å²) in [5, 5.41) is 13.7. The second-order valence-electron chi connectivity index (χ2n) is 3.94. The molecule has 1 aliphatic rings. The van der Waals surface area contributed by atoms with Crippen molar-refractivity contribution in [2.45, 2.75) is 6.54 Å². The molecule has 1 aromatic carbocycles. The van der Waals surface area contributed by atoms with Crippen LogP contribution in [0.3, 0.4) is 0 Å². The predicted molar refractivity (Wildman–Crippen MR) is 64.9 cm³/mol. The van der Waals surface area contributed by atoms with Gasteiger partial charge < -0.3 is 10.2 Å². The maximum Gasteiger partial charge on any atom is 0.348 e. The second kappa shape index (κ2) is 5.31. The molecule has 0 saturated carbocycles. The third-order valence-corrected chi connectivity index (χ3v) is 2.76. The number of benzene rings is 1. The molecule has 1 aromatic rings. The monoisotopic (exact) mass is 247 g/mol. The third kappa shape index (κ3) is 2.48. The third-order valence-electron chi connectivity index (χ3n) is 2.76. The number of carbonyl (C=O) groups is 1. The highest BCUT2D eigenvalue weighted by Gasteiger charge is 2.27. The van der Waals surface area contributed by atoms with E-state index in [0.29, 0.717) is 25.5 Å². The first-order valence-corrected chi connectivity index (χ1v) is 5.59. The number of hydrogen-bond acceptors (Lipinski definition) is 5. The van der Waals surface area contributed by atoms with E-state index < -0.39 is 10.6 Å². The van der Waals surface area contributed by atoms with E-state index in [-0.39, 0.29) is 6.29 Å². The molecule has 0 amide bonds. The van der Waals surface area contributed by atoms with Crippen LogP contribution in [0.4, 0.5) is 0 Å². The summed E-state index contributed by atoms with van der Waals surface area (Å²) in [6, 6.07) is 9.63. The summed E-state index contributed by atoms with van der Waals surface area (Å²) in [7, 11) is 0. The van der Waals surface area contributed by atoms with Crippen molar-refractivity contribution in [2.75, 3.05) is 13.1 Å². The lowest BCUT2D eigenvalue weighted by atomic mass is 10.2. The number of nitrogens with one attached hydrogen (secondary N) is 1. The van der Waals surface area contributed by atoms with Crippen LogP contribution in [-0.2, 0) is 11.3 Å². The fourth-order valence-electron chi connectivity index (χ4n) is 1.93. The van der Waals surface area contributed by atoms with E-state index in [9.17, 15) is 14.9 Å². The zero-order valence-corrected chi connectivity index (χ0v) is 9.70. The van der Waals surface area contributed by atoms with Gasteiger partial charge in [-0.3, -0.25) is 14.9 Å². The summed E-state index contributed by atoms with van der Waals surface area (Å²) in [5.74, 6) is 0.304. The summed E-state index contributed by atoms with van der Waals surface area (Å²) in [4.78, 5) is 22.7. The van der Waals surface area contributed by atoms with Gasteiger partial charge in [-0.1, -0.05) is 30.3 Å². The lowest BCUT2D eigenvalue weighted by molar-refractivity contribution is -0.419. The summed E-state index contributed by atoms with van der Waals surface area (Å²) in [5.41, 5.74) is 0.635. The topological polar surface area (TPSA) is 75.5 Å². The van der Waals surface area contributed by atoms with E-state index in [1.165, 1.54) is 0 Å². The van der Waals surface area contributed by atoms with Gasteiger partial charge in [0.2, 0.25) is 6.29 Å². The minimum Gasteiger partial charge on any atom is -0.364 e. The van der Waals surface area contributed by atoms with Gasteiger partial charge in [0.25, 0.3) is 0 Å². The Bertz CT molecular complexity index is 485. The molecule has 1 aliphatic heterocycles. The summed E-state index contributed by atoms with van der Waals surface area (Å²) < 4.78 is 0. The first-order chi connectivity index (χ1) is 8.72. The van der Waals surface area contributed by atoms with Crippen molar-refractivity contribution in [1.29, 1.82) is 0 Å². The Morgan fingerprint density at radius 2 is 2.17 bits per heavy atom. The van der Waals surface area contributed by atoms with Crippen LogP contribution in [0.25, 0.3) is 0 Å². The Kier molecular flexibility index (Phi) is 3.57. The standard InChI is InChI=1S/C12H13N3O3/c16-9-11(15(17)18)12-13-6-7-14(12)8-10-4-2-1-3-5-10/h1-5,9,13H,6-8H2. The molecule has 0 unspecified atom stereocenters. The van der Waals surface area contributed by atoms with Gasteiger partial charge in [0, 0.05) is 19.6 Å². The van der Waals surface area contributed by atoms with Crippen molar-refractivity contribution in [3.63, 3.8) is 0 Å². The maximum atomic E-state index is 10.8. The van der Waals surface area contributed by atoms with Crippen LogP contribution >= 0.6 is 0 Å². The number of nitro groups is 1. The summed E-state index contributed by atoms with van der Waals surface area (Å²) >= 11 is 0. The van der Waals surface area contributed by atoms with Crippen LogP contribution in [0.5, 0.6) is 0 Å². The predicted octanol–water partition coefficient (Wildman–Crippen LogP) is 0.736. The van der Waals surface area contributed by atoms with Gasteiger partial charge in [-0.15, -0.1) is 0 Å². The fourth-order valence-corrected chi connectivity index (χ4v) is 1.93. The van der Waals surface area contributed by atoms with Crippen molar-refractivity contribution in [3.05, 3.63) is 57.5 Å². The van der Waals surface area contributed by atoms with Crippen LogP contribution < -0.4 is 5.32 Å². The fraction of sp³-hybridized carbons (Fsp3) is 0.250. The quantitative estimate of drug-likeness (QED) is 0.367. The van der Waals surface area contributed by atoms with Crippen LogP contribution in [0, 0.1) is 10.1 Å². The molecule has 1 saturated heterocycles. The number of allylic oxidation sites excluding steroid dienone is 1. The Morgan fingerprint density at radius 3 is 2.78 bits per heavy atom. The number of aldehydes is 1. The number of nitrogens with zero attached hydrogens (tertiary/aromatic N) is 2. The van der Waals surface area contributed by atoms with Crippen molar-refractivity contribution >= 4 is 6.29 Å². The Hall–Kier alpha value is -2.37. The molecule has 1 fully saturated rings. The van der Waals surface area contributed by atoms with E-state index in [4.69, 9.17) is 0 Å². The SMILES string of the molecule is O=CC(=C1NCCN1Cc1ccccc1)[N+](=O)[O-]. The molecule has 2 rings (SSSR count). The smallest absolute Gasteiger partial charge is 0.348 e. The molecule has 0 spiro atoms. The van der Waals surface area contributed by atoms with Gasteiger partial charge in [-0.2, -0.15) is 0 Å². The molecule has 6 heteroatoms. The van der Waals surface area contributed by atoms with E-state index >= 15 is 0 Å². The van der Waals surface area contributed by atoms with Gasteiger partial charge in [0.05, 0.1) is 4.92 Å². The second-order valence-corrected chi connectivity index (χ2v) is 3.94. The van der Waals surface area contributed by atoms with Crippen LogP contribution in [0.1, 0.15) is 5.56 Å². The maximum absolute atomic E-state index is 10.8. The highest BCUT2D eigenvalue weighted by Crippen LogP contribution is 2.15. The van der Waals surface area contributed by atoms with E-state index in [2.05, 4.69) is 5.32 Å². The largest absolute Gasteiger partial charge is 0.364 e. The molecule has 0 aliphatic carbocycles. The van der Waals surface area contributed by atoms with E-state index in [1.54, 1.807) is 0 Å². The average molecular weight is 247 g/mol. The van der Waals surface area contributed by atoms with Gasteiger partial charge >= 0.3 is 5.70 Å². The van der Waals surface area contributed by atoms with Crippen molar-refractivity contribution < 1.29 is 9.72 Å². The molecular formula is C12H13N3O3. The van der Waals surface area contributed by atoms with Crippen molar-refractivity contribution in [2.24, 2.45) is 0 Å². The molecular weight excluding hydrogens is 234 g/mol. The lowest BCUT2D eigenvalue weighted by Crippen LogP contribution is -2.24. The molecule has 0 radical (unpaired) electrons. The summed E-state index contributed by atoms with van der Waals surface area (Å²) in [6.07, 6.45) is 0.283. The molecule has 1 N–H and O–H groups in total. The van der Waals surface area contributed by atoms with Gasteiger partial charge in [0.15, 0.2) is 5.82 Å². The minimum atomic E-state index is -0.654.